The van der Waals surface area contributed by atoms with Gasteiger partial charge in [0.1, 0.15) is 0 Å². The molecule has 0 aromatic heterocycles. The Labute approximate surface area is 202 Å². The minimum Gasteiger partial charge on any atom is -0.298 e. The molecule has 0 N–H and O–H groups in total. The van der Waals surface area contributed by atoms with Gasteiger partial charge in [-0.2, -0.15) is 0 Å². The second-order valence-electron chi connectivity index (χ2n) is 9.63. The van der Waals surface area contributed by atoms with Crippen molar-refractivity contribution in [2.75, 3.05) is 4.90 Å². The first-order chi connectivity index (χ1) is 16.3. The number of amides is 2. The van der Waals surface area contributed by atoms with Crippen molar-refractivity contribution in [2.45, 2.75) is 13.8 Å². The fourth-order valence-corrected chi connectivity index (χ4v) is 6.90. The number of anilines is 1. The molecule has 0 radical (unpaired) electrons. The van der Waals surface area contributed by atoms with Crippen LogP contribution < -0.4 is 4.90 Å². The lowest BCUT2D eigenvalue weighted by Gasteiger charge is -2.35. The van der Waals surface area contributed by atoms with Crippen LogP contribution in [0.5, 0.6) is 0 Å². The minimum absolute atomic E-state index is 0.0618. The molecule has 3 aromatic carbocycles. The molecule has 0 spiro atoms. The van der Waals surface area contributed by atoms with Gasteiger partial charge in [0.25, 0.3) is 0 Å². The molecule has 1 saturated heterocycles. The number of rotatable bonds is 3. The second-order valence-corrected chi connectivity index (χ2v) is 10.0. The molecule has 3 aliphatic rings. The van der Waals surface area contributed by atoms with E-state index < -0.39 is 22.7 Å². The molecule has 1 heterocycles. The molecule has 4 nitrogen and oxygen atoms in total. The maximum atomic E-state index is 14.2. The summed E-state index contributed by atoms with van der Waals surface area (Å²) in [5.41, 5.74) is 1.59. The van der Waals surface area contributed by atoms with E-state index in [1.807, 2.05) is 74.5 Å². The van der Waals surface area contributed by atoms with E-state index in [4.69, 9.17) is 11.6 Å². The molecule has 6 rings (SSSR count). The molecule has 1 saturated carbocycles. The number of nitrogens with zero attached hydrogens (tertiary/aromatic N) is 1. The summed E-state index contributed by atoms with van der Waals surface area (Å²) < 4.78 is 0. The summed E-state index contributed by atoms with van der Waals surface area (Å²) in [6.07, 6.45) is 0. The molecule has 2 bridgehead atoms. The van der Waals surface area contributed by atoms with Gasteiger partial charge in [-0.15, -0.1) is 0 Å². The van der Waals surface area contributed by atoms with Crippen LogP contribution in [-0.2, 0) is 14.4 Å². The standard InChI is InChI=1S/C29H22ClNO3/c1-28-21(17-11-5-3-6-12-17)22(18-13-7-4-8-14-18)29(2,27(28)34)24-23(28)25(32)31(26(24)33)20-16-10-9-15-19(20)30/h3-16,23-24H,1-2H3. The Balaban J connectivity index is 1.64. The van der Waals surface area contributed by atoms with Crippen molar-refractivity contribution in [3.8, 4) is 0 Å². The molecule has 2 fully saturated rings. The van der Waals surface area contributed by atoms with Gasteiger partial charge in [-0.05, 0) is 48.3 Å². The lowest BCUT2D eigenvalue weighted by atomic mass is 9.63. The number of ketones is 1. The highest BCUT2D eigenvalue weighted by atomic mass is 35.5. The molecule has 2 amide bonds. The first-order valence-corrected chi connectivity index (χ1v) is 11.7. The fourth-order valence-electron chi connectivity index (χ4n) is 6.68. The zero-order valence-corrected chi connectivity index (χ0v) is 19.5. The van der Waals surface area contributed by atoms with Crippen LogP contribution >= 0.6 is 11.6 Å². The summed E-state index contributed by atoms with van der Waals surface area (Å²) in [7, 11) is 0. The number of hydrogen-bond acceptors (Lipinski definition) is 3. The number of fused-ring (bicyclic) bond motifs is 5. The first-order valence-electron chi connectivity index (χ1n) is 11.4. The lowest BCUT2D eigenvalue weighted by Crippen LogP contribution is -2.40. The van der Waals surface area contributed by atoms with E-state index in [9.17, 15) is 14.4 Å². The van der Waals surface area contributed by atoms with Crippen molar-refractivity contribution in [1.29, 1.82) is 0 Å². The van der Waals surface area contributed by atoms with Crippen molar-refractivity contribution < 1.29 is 14.4 Å². The van der Waals surface area contributed by atoms with Gasteiger partial charge in [-0.1, -0.05) is 84.4 Å². The number of para-hydroxylation sites is 1. The van der Waals surface area contributed by atoms with Crippen LogP contribution in [0.3, 0.4) is 0 Å². The number of allylic oxidation sites excluding steroid dienone is 2. The Bertz CT molecular complexity index is 1330. The van der Waals surface area contributed by atoms with Crippen molar-refractivity contribution in [3.63, 3.8) is 0 Å². The van der Waals surface area contributed by atoms with E-state index in [1.54, 1.807) is 24.3 Å². The third-order valence-electron chi connectivity index (χ3n) is 8.00. The zero-order chi connectivity index (χ0) is 23.8. The van der Waals surface area contributed by atoms with Crippen molar-refractivity contribution in [1.82, 2.24) is 0 Å². The largest absolute Gasteiger partial charge is 0.298 e. The molecule has 5 heteroatoms. The number of hydrogen-bond donors (Lipinski definition) is 0. The van der Waals surface area contributed by atoms with E-state index in [-0.39, 0.29) is 17.6 Å². The first kappa shape index (κ1) is 21.1. The average Bonchev–Trinajstić information content (AvgIpc) is 3.30. The van der Waals surface area contributed by atoms with Crippen LogP contribution in [0, 0.1) is 22.7 Å². The van der Waals surface area contributed by atoms with Crippen LogP contribution in [0.15, 0.2) is 84.9 Å². The number of carbonyl (C=O) groups is 3. The summed E-state index contributed by atoms with van der Waals surface area (Å²) >= 11 is 6.40. The highest BCUT2D eigenvalue weighted by molar-refractivity contribution is 6.38. The van der Waals surface area contributed by atoms with E-state index >= 15 is 0 Å². The van der Waals surface area contributed by atoms with Crippen molar-refractivity contribution in [3.05, 3.63) is 101 Å². The van der Waals surface area contributed by atoms with Gasteiger partial charge in [0.15, 0.2) is 5.78 Å². The maximum absolute atomic E-state index is 14.2. The van der Waals surface area contributed by atoms with Crippen LogP contribution in [0.25, 0.3) is 11.1 Å². The Hall–Kier alpha value is -3.50. The van der Waals surface area contributed by atoms with Crippen LogP contribution in [0.2, 0.25) is 5.02 Å². The van der Waals surface area contributed by atoms with Gasteiger partial charge in [0.05, 0.1) is 33.4 Å². The van der Waals surface area contributed by atoms with E-state index in [0.29, 0.717) is 10.7 Å². The van der Waals surface area contributed by atoms with Gasteiger partial charge < -0.3 is 0 Å². The Morgan fingerprint density at radius 3 is 1.50 bits per heavy atom. The molecule has 3 aromatic rings. The topological polar surface area (TPSA) is 54.5 Å². The maximum Gasteiger partial charge on any atom is 0.239 e. The number of Topliss-reactive ketones (excluding diaryl/α,β-unsaturated/α-hetero) is 1. The van der Waals surface area contributed by atoms with Gasteiger partial charge in [0.2, 0.25) is 11.8 Å². The number of carbonyl (C=O) groups excluding carboxylic acids is 3. The Morgan fingerprint density at radius 2 is 1.06 bits per heavy atom. The predicted octanol–water partition coefficient (Wildman–Crippen LogP) is 5.67. The van der Waals surface area contributed by atoms with Gasteiger partial charge >= 0.3 is 0 Å². The third kappa shape index (κ3) is 2.36. The number of benzene rings is 3. The SMILES string of the molecule is CC12C(=O)C(C)(C(c3ccccc3)=C1c1ccccc1)C1C(=O)N(c3ccccc3Cl)C(=O)C12. The summed E-state index contributed by atoms with van der Waals surface area (Å²) in [6, 6.07) is 26.3. The van der Waals surface area contributed by atoms with Gasteiger partial charge in [-0.25, -0.2) is 4.90 Å². The van der Waals surface area contributed by atoms with Crippen LogP contribution in [0.1, 0.15) is 25.0 Å². The zero-order valence-electron chi connectivity index (χ0n) is 18.8. The Morgan fingerprint density at radius 1 is 0.647 bits per heavy atom. The van der Waals surface area contributed by atoms with Crippen molar-refractivity contribution >= 4 is 46.0 Å². The molecule has 34 heavy (non-hydrogen) atoms. The average molecular weight is 468 g/mol. The molecular formula is C29H22ClNO3. The minimum atomic E-state index is -1.13. The predicted molar refractivity (Wildman–Crippen MR) is 132 cm³/mol. The molecule has 4 unspecified atom stereocenters. The summed E-state index contributed by atoms with van der Waals surface area (Å²) in [4.78, 5) is 43.3. The van der Waals surface area contributed by atoms with Crippen molar-refractivity contribution in [2.24, 2.45) is 22.7 Å². The smallest absolute Gasteiger partial charge is 0.239 e. The number of halogens is 1. The molecular weight excluding hydrogens is 446 g/mol. The summed E-state index contributed by atoms with van der Waals surface area (Å²) in [5.74, 6) is -2.34. The second kappa shape index (κ2) is 7.00. The monoisotopic (exact) mass is 467 g/mol. The van der Waals surface area contributed by atoms with Crippen LogP contribution in [-0.4, -0.2) is 17.6 Å². The van der Waals surface area contributed by atoms with Gasteiger partial charge in [-0.3, -0.25) is 14.4 Å². The molecule has 4 atom stereocenters. The highest BCUT2D eigenvalue weighted by Crippen LogP contribution is 2.73. The normalized spacial score (nSPS) is 29.9. The molecule has 1 aliphatic heterocycles. The van der Waals surface area contributed by atoms with E-state index in [1.165, 1.54) is 4.90 Å². The third-order valence-corrected chi connectivity index (χ3v) is 8.32. The van der Waals surface area contributed by atoms with Crippen LogP contribution in [0.4, 0.5) is 5.69 Å². The number of imide groups is 1. The van der Waals surface area contributed by atoms with E-state index in [0.717, 1.165) is 22.3 Å². The molecule has 2 aliphatic carbocycles. The highest BCUT2D eigenvalue weighted by Gasteiger charge is 2.79. The Kier molecular flexibility index (Phi) is 4.34. The summed E-state index contributed by atoms with van der Waals surface area (Å²) in [6.45, 7) is 3.69. The quantitative estimate of drug-likeness (QED) is 0.466. The molecule has 168 valence electrons. The van der Waals surface area contributed by atoms with E-state index in [2.05, 4.69) is 0 Å². The lowest BCUT2D eigenvalue weighted by molar-refractivity contribution is -0.133. The summed E-state index contributed by atoms with van der Waals surface area (Å²) in [5, 5.41) is 0.331. The fraction of sp³-hybridized carbons (Fsp3) is 0.207. The van der Waals surface area contributed by atoms with Gasteiger partial charge in [0, 0.05) is 0 Å².